The molecule has 4 rings (SSSR count). The number of anilines is 1. The fourth-order valence-corrected chi connectivity index (χ4v) is 3.64. The second-order valence-electron chi connectivity index (χ2n) is 6.99. The van der Waals surface area contributed by atoms with Gasteiger partial charge in [0.2, 0.25) is 0 Å². The molecule has 1 aliphatic heterocycles. The number of esters is 1. The molecular weight excluding hydrogens is 334 g/mol. The summed E-state index contributed by atoms with van der Waals surface area (Å²) in [5, 5.41) is 0. The molecule has 1 aliphatic rings. The zero-order chi connectivity index (χ0) is 18.5. The van der Waals surface area contributed by atoms with Gasteiger partial charge in [-0.25, -0.2) is 0 Å². The summed E-state index contributed by atoms with van der Waals surface area (Å²) in [5.41, 5.74) is 4.68. The van der Waals surface area contributed by atoms with E-state index in [0.29, 0.717) is 13.2 Å². The molecule has 0 radical (unpaired) electrons. The Morgan fingerprint density at radius 3 is 2.22 bits per heavy atom. The molecule has 27 heavy (non-hydrogen) atoms. The highest BCUT2D eigenvalue weighted by Crippen LogP contribution is 2.31. The van der Waals surface area contributed by atoms with Crippen LogP contribution in [0.3, 0.4) is 0 Å². The van der Waals surface area contributed by atoms with Gasteiger partial charge in [-0.05, 0) is 29.2 Å². The van der Waals surface area contributed by atoms with Crippen molar-refractivity contribution in [1.82, 2.24) is 0 Å². The van der Waals surface area contributed by atoms with Gasteiger partial charge in [0.15, 0.2) is 0 Å². The largest absolute Gasteiger partial charge is 0.461 e. The standard InChI is InChI=1S/C24H23NO2/c26-24(27-18-20-11-5-2-6-12-20)22-15-21-13-7-8-14-23(21)25(17-22)16-19-9-3-1-4-10-19/h1-14,22H,15-18H2. The lowest BCUT2D eigenvalue weighted by atomic mass is 9.92. The van der Waals surface area contributed by atoms with E-state index < -0.39 is 0 Å². The molecule has 0 saturated carbocycles. The number of hydrogen-bond acceptors (Lipinski definition) is 3. The summed E-state index contributed by atoms with van der Waals surface area (Å²) in [6, 6.07) is 28.6. The van der Waals surface area contributed by atoms with E-state index in [9.17, 15) is 4.79 Å². The molecular formula is C24H23NO2. The van der Waals surface area contributed by atoms with Crippen LogP contribution in [-0.4, -0.2) is 12.5 Å². The molecule has 3 aromatic carbocycles. The SMILES string of the molecule is O=C(OCc1ccccc1)C1Cc2ccccc2N(Cc2ccccc2)C1. The maximum absolute atomic E-state index is 12.7. The van der Waals surface area contributed by atoms with Crippen LogP contribution < -0.4 is 4.90 Å². The molecule has 0 aliphatic carbocycles. The monoisotopic (exact) mass is 357 g/mol. The molecule has 0 amide bonds. The van der Waals surface area contributed by atoms with Crippen molar-refractivity contribution in [2.24, 2.45) is 5.92 Å². The number of ether oxygens (including phenoxy) is 1. The topological polar surface area (TPSA) is 29.5 Å². The predicted octanol–water partition coefficient (Wildman–Crippen LogP) is 4.61. The molecule has 1 heterocycles. The quantitative estimate of drug-likeness (QED) is 0.625. The van der Waals surface area contributed by atoms with Gasteiger partial charge in [-0.15, -0.1) is 0 Å². The number of carbonyl (C=O) groups is 1. The van der Waals surface area contributed by atoms with Gasteiger partial charge in [-0.1, -0.05) is 78.9 Å². The van der Waals surface area contributed by atoms with Gasteiger partial charge in [-0.2, -0.15) is 0 Å². The van der Waals surface area contributed by atoms with Gasteiger partial charge in [0.1, 0.15) is 6.61 Å². The highest BCUT2D eigenvalue weighted by molar-refractivity contribution is 5.76. The zero-order valence-corrected chi connectivity index (χ0v) is 15.3. The Balaban J connectivity index is 1.49. The van der Waals surface area contributed by atoms with E-state index in [1.807, 2.05) is 42.5 Å². The molecule has 1 atom stereocenters. The van der Waals surface area contributed by atoms with Crippen molar-refractivity contribution in [3.63, 3.8) is 0 Å². The average molecular weight is 357 g/mol. The highest BCUT2D eigenvalue weighted by Gasteiger charge is 2.30. The number of fused-ring (bicyclic) bond motifs is 1. The first-order valence-electron chi connectivity index (χ1n) is 9.37. The summed E-state index contributed by atoms with van der Waals surface area (Å²) in [5.74, 6) is -0.265. The van der Waals surface area contributed by atoms with Gasteiger partial charge in [0.25, 0.3) is 0 Å². The van der Waals surface area contributed by atoms with Crippen molar-refractivity contribution >= 4 is 11.7 Å². The minimum atomic E-state index is -0.146. The molecule has 0 spiro atoms. The summed E-state index contributed by atoms with van der Waals surface area (Å²) in [6.07, 6.45) is 0.731. The Bertz CT molecular complexity index is 893. The number of hydrogen-bond donors (Lipinski definition) is 0. The van der Waals surface area contributed by atoms with Crippen LogP contribution in [0.2, 0.25) is 0 Å². The number of carbonyl (C=O) groups excluding carboxylic acids is 1. The first-order chi connectivity index (χ1) is 13.3. The minimum Gasteiger partial charge on any atom is -0.461 e. The second kappa shape index (κ2) is 8.09. The number of nitrogens with zero attached hydrogens (tertiary/aromatic N) is 1. The van der Waals surface area contributed by atoms with Crippen LogP contribution in [0.1, 0.15) is 16.7 Å². The lowest BCUT2D eigenvalue weighted by molar-refractivity contribution is -0.149. The fourth-order valence-electron chi connectivity index (χ4n) is 3.64. The maximum atomic E-state index is 12.7. The predicted molar refractivity (Wildman–Crippen MR) is 107 cm³/mol. The Hall–Kier alpha value is -3.07. The smallest absolute Gasteiger partial charge is 0.311 e. The number of rotatable bonds is 5. The third-order valence-electron chi connectivity index (χ3n) is 5.01. The normalized spacial score (nSPS) is 15.9. The van der Waals surface area contributed by atoms with Crippen LogP contribution in [0, 0.1) is 5.92 Å². The minimum absolute atomic E-state index is 0.119. The van der Waals surface area contributed by atoms with E-state index in [1.165, 1.54) is 16.8 Å². The molecule has 136 valence electrons. The van der Waals surface area contributed by atoms with Crippen molar-refractivity contribution in [3.8, 4) is 0 Å². The molecule has 3 aromatic rings. The molecule has 0 fully saturated rings. The van der Waals surface area contributed by atoms with E-state index in [4.69, 9.17) is 4.74 Å². The highest BCUT2D eigenvalue weighted by atomic mass is 16.5. The average Bonchev–Trinajstić information content (AvgIpc) is 2.73. The Kier molecular flexibility index (Phi) is 5.20. The van der Waals surface area contributed by atoms with E-state index in [2.05, 4.69) is 47.4 Å². The molecule has 0 saturated heterocycles. The maximum Gasteiger partial charge on any atom is 0.311 e. The fraction of sp³-hybridized carbons (Fsp3) is 0.208. The molecule has 3 nitrogen and oxygen atoms in total. The molecule has 3 heteroatoms. The van der Waals surface area contributed by atoms with E-state index in [1.54, 1.807) is 0 Å². The Morgan fingerprint density at radius 2 is 1.48 bits per heavy atom. The summed E-state index contributed by atoms with van der Waals surface area (Å²) >= 11 is 0. The Labute approximate surface area is 160 Å². The first-order valence-corrected chi connectivity index (χ1v) is 9.37. The third kappa shape index (κ3) is 4.20. The summed E-state index contributed by atoms with van der Waals surface area (Å²) in [6.45, 7) is 1.80. The Morgan fingerprint density at radius 1 is 0.852 bits per heavy atom. The number of benzene rings is 3. The van der Waals surface area contributed by atoms with Crippen molar-refractivity contribution < 1.29 is 9.53 Å². The molecule has 0 bridgehead atoms. The van der Waals surface area contributed by atoms with E-state index >= 15 is 0 Å². The van der Waals surface area contributed by atoms with E-state index in [0.717, 1.165) is 18.5 Å². The van der Waals surface area contributed by atoms with Crippen molar-refractivity contribution in [2.75, 3.05) is 11.4 Å². The number of para-hydroxylation sites is 1. The van der Waals surface area contributed by atoms with Gasteiger partial charge < -0.3 is 9.64 Å². The summed E-state index contributed by atoms with van der Waals surface area (Å²) < 4.78 is 5.62. The molecule has 0 N–H and O–H groups in total. The van der Waals surface area contributed by atoms with Gasteiger partial charge in [0.05, 0.1) is 5.92 Å². The molecule has 1 unspecified atom stereocenters. The van der Waals surface area contributed by atoms with Crippen LogP contribution in [0.25, 0.3) is 0 Å². The van der Waals surface area contributed by atoms with Crippen LogP contribution in [0.4, 0.5) is 5.69 Å². The third-order valence-corrected chi connectivity index (χ3v) is 5.01. The van der Waals surface area contributed by atoms with Crippen LogP contribution in [-0.2, 0) is 29.1 Å². The van der Waals surface area contributed by atoms with Gasteiger partial charge in [-0.3, -0.25) is 4.79 Å². The van der Waals surface area contributed by atoms with E-state index in [-0.39, 0.29) is 11.9 Å². The van der Waals surface area contributed by atoms with Crippen LogP contribution in [0.5, 0.6) is 0 Å². The van der Waals surface area contributed by atoms with Crippen LogP contribution >= 0.6 is 0 Å². The van der Waals surface area contributed by atoms with Crippen LogP contribution in [0.15, 0.2) is 84.9 Å². The van der Waals surface area contributed by atoms with Crippen molar-refractivity contribution in [1.29, 1.82) is 0 Å². The molecule has 0 aromatic heterocycles. The summed E-state index contributed by atoms with van der Waals surface area (Å²) in [4.78, 5) is 15.0. The first kappa shape index (κ1) is 17.3. The second-order valence-corrected chi connectivity index (χ2v) is 6.99. The summed E-state index contributed by atoms with van der Waals surface area (Å²) in [7, 11) is 0. The van der Waals surface area contributed by atoms with Crippen molar-refractivity contribution in [3.05, 3.63) is 102 Å². The van der Waals surface area contributed by atoms with Gasteiger partial charge >= 0.3 is 5.97 Å². The lowest BCUT2D eigenvalue weighted by Crippen LogP contribution is -2.39. The van der Waals surface area contributed by atoms with Gasteiger partial charge in [0, 0.05) is 18.8 Å². The lowest BCUT2D eigenvalue weighted by Gasteiger charge is -2.35. The zero-order valence-electron chi connectivity index (χ0n) is 15.3. The van der Waals surface area contributed by atoms with Crippen molar-refractivity contribution in [2.45, 2.75) is 19.6 Å².